The molecule has 0 fully saturated rings. The highest BCUT2D eigenvalue weighted by Gasteiger charge is 2.11. The molecule has 104 valence electrons. The molecule has 0 radical (unpaired) electrons. The Morgan fingerprint density at radius 3 is 2.75 bits per heavy atom. The summed E-state index contributed by atoms with van der Waals surface area (Å²) in [4.78, 5) is 15.3. The molecule has 2 aromatic rings. The van der Waals surface area contributed by atoms with Gasteiger partial charge in [0.2, 0.25) is 0 Å². The van der Waals surface area contributed by atoms with Crippen LogP contribution in [0.15, 0.2) is 36.4 Å². The van der Waals surface area contributed by atoms with Crippen LogP contribution in [-0.2, 0) is 0 Å². The van der Waals surface area contributed by atoms with E-state index in [1.165, 1.54) is 6.07 Å². The van der Waals surface area contributed by atoms with Gasteiger partial charge >= 0.3 is 0 Å². The average Bonchev–Trinajstić information content (AvgIpc) is 2.41. The number of primary amides is 1. The Labute approximate surface area is 121 Å². The molecule has 20 heavy (non-hydrogen) atoms. The molecule has 0 bridgehead atoms. The quantitative estimate of drug-likeness (QED) is 0.806. The van der Waals surface area contributed by atoms with Crippen molar-refractivity contribution in [1.82, 2.24) is 4.98 Å². The zero-order valence-corrected chi connectivity index (χ0v) is 11.7. The van der Waals surface area contributed by atoms with Gasteiger partial charge in [0.15, 0.2) is 5.82 Å². The fraction of sp³-hybridized carbons (Fsp3) is 0.143. The van der Waals surface area contributed by atoms with Gasteiger partial charge < -0.3 is 16.8 Å². The third kappa shape index (κ3) is 3.19. The summed E-state index contributed by atoms with van der Waals surface area (Å²) in [6.45, 7) is 1.95. The van der Waals surface area contributed by atoms with E-state index >= 15 is 0 Å². The van der Waals surface area contributed by atoms with Gasteiger partial charge in [-0.25, -0.2) is 4.98 Å². The number of benzene rings is 1. The number of aromatic nitrogens is 1. The fourth-order valence-corrected chi connectivity index (χ4v) is 1.99. The van der Waals surface area contributed by atoms with E-state index in [4.69, 9.17) is 23.1 Å². The van der Waals surface area contributed by atoms with Crippen molar-refractivity contribution in [3.8, 4) is 0 Å². The number of nitrogens with zero attached hydrogens (tertiary/aromatic N) is 1. The molecule has 2 rings (SSSR count). The van der Waals surface area contributed by atoms with Crippen LogP contribution in [0.25, 0.3) is 0 Å². The second kappa shape index (κ2) is 5.79. The van der Waals surface area contributed by atoms with Crippen molar-refractivity contribution >= 4 is 29.0 Å². The lowest BCUT2D eigenvalue weighted by molar-refractivity contribution is 0.0995. The lowest BCUT2D eigenvalue weighted by Gasteiger charge is -2.17. The number of nitrogen functional groups attached to an aromatic ring is 1. The molecule has 0 saturated carbocycles. The molecule has 0 saturated heterocycles. The average molecular weight is 291 g/mol. The van der Waals surface area contributed by atoms with E-state index in [1.54, 1.807) is 12.1 Å². The van der Waals surface area contributed by atoms with Gasteiger partial charge in [-0.2, -0.15) is 0 Å². The standard InChI is InChI=1S/C14H15ClN4O/c1-8(9-3-2-4-10(15)7-9)18-14-11(16)5-6-12(19-14)13(17)20/h2-8H,16H2,1H3,(H2,17,20)(H,18,19). The van der Waals surface area contributed by atoms with Gasteiger partial charge in [-0.05, 0) is 36.8 Å². The van der Waals surface area contributed by atoms with Crippen molar-refractivity contribution in [2.45, 2.75) is 13.0 Å². The highest BCUT2D eigenvalue weighted by molar-refractivity contribution is 6.30. The summed E-state index contributed by atoms with van der Waals surface area (Å²) in [5.74, 6) is -0.169. The van der Waals surface area contributed by atoms with Crippen LogP contribution in [0.5, 0.6) is 0 Å². The Bertz CT molecular complexity index is 645. The molecule has 0 aliphatic heterocycles. The number of amides is 1. The monoisotopic (exact) mass is 290 g/mol. The molecular formula is C14H15ClN4O. The van der Waals surface area contributed by atoms with E-state index in [0.717, 1.165) is 5.56 Å². The predicted molar refractivity (Wildman–Crippen MR) is 80.7 cm³/mol. The van der Waals surface area contributed by atoms with Crippen LogP contribution in [0.2, 0.25) is 5.02 Å². The second-order valence-corrected chi connectivity index (χ2v) is 4.86. The number of rotatable bonds is 4. The topological polar surface area (TPSA) is 94.0 Å². The summed E-state index contributed by atoms with van der Waals surface area (Å²) in [6, 6.07) is 10.5. The fourth-order valence-electron chi connectivity index (χ4n) is 1.79. The van der Waals surface area contributed by atoms with Crippen LogP contribution in [0.4, 0.5) is 11.5 Å². The van der Waals surface area contributed by atoms with Crippen molar-refractivity contribution in [3.63, 3.8) is 0 Å². The lowest BCUT2D eigenvalue weighted by atomic mass is 10.1. The van der Waals surface area contributed by atoms with Gasteiger partial charge in [0.05, 0.1) is 11.7 Å². The molecule has 5 nitrogen and oxygen atoms in total. The minimum absolute atomic E-state index is 0.0633. The van der Waals surface area contributed by atoms with Crippen LogP contribution in [-0.4, -0.2) is 10.9 Å². The van der Waals surface area contributed by atoms with E-state index in [2.05, 4.69) is 10.3 Å². The molecule has 0 aliphatic rings. The van der Waals surface area contributed by atoms with Crippen molar-refractivity contribution < 1.29 is 4.79 Å². The van der Waals surface area contributed by atoms with Gasteiger partial charge in [0.1, 0.15) is 5.69 Å². The predicted octanol–water partition coefficient (Wildman–Crippen LogP) is 2.59. The molecule has 1 heterocycles. The molecule has 6 heteroatoms. The Hall–Kier alpha value is -2.27. The molecule has 5 N–H and O–H groups in total. The Morgan fingerprint density at radius 2 is 2.10 bits per heavy atom. The maximum absolute atomic E-state index is 11.1. The number of carbonyl (C=O) groups is 1. The van der Waals surface area contributed by atoms with Crippen molar-refractivity contribution in [3.05, 3.63) is 52.7 Å². The summed E-state index contributed by atoms with van der Waals surface area (Å²) >= 11 is 5.96. The highest BCUT2D eigenvalue weighted by atomic mass is 35.5. The minimum Gasteiger partial charge on any atom is -0.396 e. The third-order valence-electron chi connectivity index (χ3n) is 2.88. The largest absolute Gasteiger partial charge is 0.396 e. The summed E-state index contributed by atoms with van der Waals surface area (Å²) in [5.41, 5.74) is 12.7. The first-order valence-corrected chi connectivity index (χ1v) is 6.43. The van der Waals surface area contributed by atoms with Gasteiger partial charge in [-0.1, -0.05) is 23.7 Å². The Morgan fingerprint density at radius 1 is 1.35 bits per heavy atom. The Balaban J connectivity index is 2.25. The van der Waals surface area contributed by atoms with Crippen LogP contribution < -0.4 is 16.8 Å². The summed E-state index contributed by atoms with van der Waals surface area (Å²) in [5, 5.41) is 3.80. The first kappa shape index (κ1) is 14.1. The number of halogens is 1. The molecule has 1 amide bonds. The third-order valence-corrected chi connectivity index (χ3v) is 3.12. The van der Waals surface area contributed by atoms with Gasteiger partial charge in [0.25, 0.3) is 5.91 Å². The maximum Gasteiger partial charge on any atom is 0.267 e. The molecule has 1 unspecified atom stereocenters. The van der Waals surface area contributed by atoms with E-state index in [1.807, 2.05) is 25.1 Å². The number of nitrogens with one attached hydrogen (secondary N) is 1. The van der Waals surface area contributed by atoms with Crippen molar-refractivity contribution in [1.29, 1.82) is 0 Å². The molecule has 0 spiro atoms. The summed E-state index contributed by atoms with van der Waals surface area (Å²) in [6.07, 6.45) is 0. The Kier molecular flexibility index (Phi) is 4.10. The number of hydrogen-bond donors (Lipinski definition) is 3. The number of nitrogens with two attached hydrogens (primary N) is 2. The maximum atomic E-state index is 11.1. The number of pyridine rings is 1. The molecule has 1 aromatic heterocycles. The molecule has 0 aliphatic carbocycles. The molecule has 1 aromatic carbocycles. The van der Waals surface area contributed by atoms with Crippen molar-refractivity contribution in [2.24, 2.45) is 5.73 Å². The first-order chi connectivity index (χ1) is 9.47. The minimum atomic E-state index is -0.594. The highest BCUT2D eigenvalue weighted by Crippen LogP contribution is 2.24. The molecule has 1 atom stereocenters. The van der Waals surface area contributed by atoms with Gasteiger partial charge in [-0.3, -0.25) is 4.79 Å². The molecular weight excluding hydrogens is 276 g/mol. The van der Waals surface area contributed by atoms with Crippen molar-refractivity contribution in [2.75, 3.05) is 11.1 Å². The lowest BCUT2D eigenvalue weighted by Crippen LogP contribution is -2.16. The van der Waals surface area contributed by atoms with E-state index in [9.17, 15) is 4.79 Å². The first-order valence-electron chi connectivity index (χ1n) is 6.05. The summed E-state index contributed by atoms with van der Waals surface area (Å²) in [7, 11) is 0. The second-order valence-electron chi connectivity index (χ2n) is 4.42. The van der Waals surface area contributed by atoms with Crippen LogP contribution in [0.1, 0.15) is 29.0 Å². The number of anilines is 2. The zero-order valence-electron chi connectivity index (χ0n) is 10.9. The van der Waals surface area contributed by atoms with E-state index in [0.29, 0.717) is 16.5 Å². The van der Waals surface area contributed by atoms with E-state index < -0.39 is 5.91 Å². The van der Waals surface area contributed by atoms with Crippen LogP contribution >= 0.6 is 11.6 Å². The normalized spacial score (nSPS) is 11.9. The smallest absolute Gasteiger partial charge is 0.267 e. The van der Waals surface area contributed by atoms with E-state index in [-0.39, 0.29) is 11.7 Å². The number of carbonyl (C=O) groups excluding carboxylic acids is 1. The summed E-state index contributed by atoms with van der Waals surface area (Å²) < 4.78 is 0. The zero-order chi connectivity index (χ0) is 14.7. The van der Waals surface area contributed by atoms with Crippen LogP contribution in [0, 0.1) is 0 Å². The van der Waals surface area contributed by atoms with Gasteiger partial charge in [-0.15, -0.1) is 0 Å². The van der Waals surface area contributed by atoms with Crippen LogP contribution in [0.3, 0.4) is 0 Å². The number of hydrogen-bond acceptors (Lipinski definition) is 4. The van der Waals surface area contributed by atoms with Gasteiger partial charge in [0, 0.05) is 5.02 Å². The SMILES string of the molecule is CC(Nc1nc(C(N)=O)ccc1N)c1cccc(Cl)c1.